The summed E-state index contributed by atoms with van der Waals surface area (Å²) in [6, 6.07) is 22.0. The molecule has 2 aromatic rings. The number of hydrogen-bond donors (Lipinski definition) is 0. The van der Waals surface area contributed by atoms with Crippen LogP contribution < -0.4 is 10.6 Å². The summed E-state index contributed by atoms with van der Waals surface area (Å²) in [6.07, 6.45) is 0. The molecular weight excluding hydrogens is 265 g/mol. The van der Waals surface area contributed by atoms with Gasteiger partial charge < -0.3 is 0 Å². The molecule has 0 bridgehead atoms. The maximum absolute atomic E-state index is 5.55. The third-order valence-electron chi connectivity index (χ3n) is 4.32. The van der Waals surface area contributed by atoms with Gasteiger partial charge >= 0.3 is 121 Å². The second kappa shape index (κ2) is 6.05. The topological polar surface area (TPSA) is 12.5 Å². The van der Waals surface area contributed by atoms with Gasteiger partial charge in [-0.1, -0.05) is 0 Å². The van der Waals surface area contributed by atoms with E-state index < -0.39 is 7.41 Å². The van der Waals surface area contributed by atoms with E-state index in [9.17, 15) is 0 Å². The van der Waals surface area contributed by atoms with E-state index in [2.05, 4.69) is 72.0 Å². The molecule has 20 heavy (non-hydrogen) atoms. The first-order valence-electron chi connectivity index (χ1n) is 7.25. The van der Waals surface area contributed by atoms with Crippen molar-refractivity contribution in [3.63, 3.8) is 0 Å². The second-order valence-electron chi connectivity index (χ2n) is 5.40. The Morgan fingerprint density at radius 3 is 1.70 bits per heavy atom. The summed E-state index contributed by atoms with van der Waals surface area (Å²) in [5.41, 5.74) is 0. The van der Waals surface area contributed by atoms with Crippen molar-refractivity contribution < 1.29 is 4.74 Å². The number of morpholine rings is 1. The van der Waals surface area contributed by atoms with Crippen molar-refractivity contribution >= 4 is 18.0 Å². The van der Waals surface area contributed by atoms with E-state index in [1.165, 1.54) is 10.6 Å². The molecule has 0 spiro atoms. The Kier molecular flexibility index (Phi) is 4.16. The van der Waals surface area contributed by atoms with Crippen molar-refractivity contribution in [3.05, 3.63) is 60.7 Å². The Hall–Kier alpha value is -1.21. The number of benzene rings is 2. The van der Waals surface area contributed by atoms with E-state index in [0.717, 1.165) is 26.3 Å². The summed E-state index contributed by atoms with van der Waals surface area (Å²) in [5.74, 6) is 0. The summed E-state index contributed by atoms with van der Waals surface area (Å²) < 4.78 is 8.21. The number of rotatable bonds is 3. The number of hydrogen-bond acceptors (Lipinski definition) is 2. The van der Waals surface area contributed by atoms with Gasteiger partial charge in [0.2, 0.25) is 0 Å². The van der Waals surface area contributed by atoms with Crippen molar-refractivity contribution in [3.8, 4) is 0 Å². The van der Waals surface area contributed by atoms with E-state index in [1.54, 1.807) is 0 Å². The molecule has 0 aromatic heterocycles. The van der Waals surface area contributed by atoms with Gasteiger partial charge in [0, 0.05) is 0 Å². The molecule has 1 saturated heterocycles. The summed E-state index contributed by atoms with van der Waals surface area (Å²) >= 11 is 0. The summed E-state index contributed by atoms with van der Waals surface area (Å²) in [5, 5.41) is 2.96. The molecule has 3 heteroatoms. The fourth-order valence-corrected chi connectivity index (χ4v) is 6.89. The van der Waals surface area contributed by atoms with Crippen LogP contribution in [0.3, 0.4) is 0 Å². The van der Waals surface area contributed by atoms with Crippen molar-refractivity contribution in [2.45, 2.75) is 0 Å². The van der Waals surface area contributed by atoms with Crippen LogP contribution in [0.25, 0.3) is 0 Å². The molecule has 0 unspecified atom stereocenters. The average molecular weight is 287 g/mol. The Bertz CT molecular complexity index is 498. The minimum absolute atomic E-state index is 0.849. The Morgan fingerprint density at radius 2 is 1.25 bits per heavy atom. The molecule has 1 aliphatic rings. The number of nitrogens with zero attached hydrogens (tertiary/aromatic N) is 1. The summed E-state index contributed by atoms with van der Waals surface area (Å²) in [7, 11) is -1.85. The normalized spacial score (nSPS) is 17.9. The molecule has 3 rings (SSSR count). The molecule has 1 aliphatic heterocycles. The molecule has 2 nitrogen and oxygen atoms in total. The van der Waals surface area contributed by atoms with Gasteiger partial charge in [-0.05, 0) is 0 Å². The van der Waals surface area contributed by atoms with E-state index in [1.807, 2.05) is 0 Å². The van der Waals surface area contributed by atoms with Crippen LogP contribution in [0.15, 0.2) is 60.7 Å². The van der Waals surface area contributed by atoms with Crippen molar-refractivity contribution in [1.82, 2.24) is 4.67 Å². The van der Waals surface area contributed by atoms with Gasteiger partial charge in [0.1, 0.15) is 0 Å². The van der Waals surface area contributed by atoms with E-state index in [4.69, 9.17) is 4.74 Å². The molecule has 0 aliphatic carbocycles. The fraction of sp³-hybridized carbons (Fsp3) is 0.294. The Labute approximate surface area is 121 Å². The van der Waals surface area contributed by atoms with Crippen molar-refractivity contribution in [2.75, 3.05) is 33.0 Å². The fourth-order valence-electron chi connectivity index (χ4n) is 3.07. The van der Waals surface area contributed by atoms with Crippen molar-refractivity contribution in [2.24, 2.45) is 0 Å². The zero-order valence-electron chi connectivity index (χ0n) is 12.0. The van der Waals surface area contributed by atoms with Gasteiger partial charge in [-0.3, -0.25) is 0 Å². The standard InChI is InChI=1S/C17H22NOP/c1-20(16-8-4-2-5-9-16,17-10-6-3-7-11-17)18-12-14-19-15-13-18/h2-11,20H,12-15H2,1H3. The molecule has 1 heterocycles. The van der Waals surface area contributed by atoms with Gasteiger partial charge in [0.05, 0.1) is 0 Å². The quantitative estimate of drug-likeness (QED) is 0.803. The zero-order chi connectivity index (χ0) is 13.8. The Balaban J connectivity index is 2.07. The second-order valence-corrected chi connectivity index (χ2v) is 9.34. The van der Waals surface area contributed by atoms with E-state index in [-0.39, 0.29) is 0 Å². The van der Waals surface area contributed by atoms with Crippen LogP contribution in [0.2, 0.25) is 0 Å². The van der Waals surface area contributed by atoms with Crippen LogP contribution >= 0.6 is 7.41 Å². The summed E-state index contributed by atoms with van der Waals surface area (Å²) in [4.78, 5) is 0. The molecule has 0 amide bonds. The van der Waals surface area contributed by atoms with Crippen LogP contribution in [0, 0.1) is 0 Å². The van der Waals surface area contributed by atoms with E-state index in [0.29, 0.717) is 0 Å². The van der Waals surface area contributed by atoms with Gasteiger partial charge in [0.25, 0.3) is 0 Å². The molecule has 1 fully saturated rings. The minimum atomic E-state index is -1.85. The first kappa shape index (κ1) is 13.8. The molecule has 0 radical (unpaired) electrons. The molecule has 106 valence electrons. The average Bonchev–Trinajstić information content (AvgIpc) is 2.56. The van der Waals surface area contributed by atoms with Gasteiger partial charge in [0.15, 0.2) is 0 Å². The van der Waals surface area contributed by atoms with E-state index >= 15 is 0 Å². The third kappa shape index (κ3) is 2.52. The van der Waals surface area contributed by atoms with Crippen LogP contribution in [0.1, 0.15) is 0 Å². The SMILES string of the molecule is C[PH](c1ccccc1)(c1ccccc1)N1CCOCC1. The summed E-state index contributed by atoms with van der Waals surface area (Å²) in [6.45, 7) is 6.23. The van der Waals surface area contributed by atoms with Crippen molar-refractivity contribution in [1.29, 1.82) is 0 Å². The predicted molar refractivity (Wildman–Crippen MR) is 88.8 cm³/mol. The maximum atomic E-state index is 5.55. The molecule has 0 saturated carbocycles. The predicted octanol–water partition coefficient (Wildman–Crippen LogP) is 2.26. The zero-order valence-corrected chi connectivity index (χ0v) is 13.0. The third-order valence-corrected chi connectivity index (χ3v) is 8.94. The van der Waals surface area contributed by atoms with Crippen LogP contribution in [-0.4, -0.2) is 37.6 Å². The first-order chi connectivity index (χ1) is 9.82. The van der Waals surface area contributed by atoms with Gasteiger partial charge in [-0.25, -0.2) is 0 Å². The molecular formula is C17H22NOP. The van der Waals surface area contributed by atoms with Crippen LogP contribution in [0.4, 0.5) is 0 Å². The molecule has 0 N–H and O–H groups in total. The van der Waals surface area contributed by atoms with Gasteiger partial charge in [-0.2, -0.15) is 0 Å². The molecule has 0 atom stereocenters. The molecule has 2 aromatic carbocycles. The first-order valence-corrected chi connectivity index (χ1v) is 9.70. The number of ether oxygens (including phenoxy) is 1. The van der Waals surface area contributed by atoms with Crippen LogP contribution in [-0.2, 0) is 4.74 Å². The monoisotopic (exact) mass is 287 g/mol. The van der Waals surface area contributed by atoms with Gasteiger partial charge in [-0.15, -0.1) is 0 Å². The Morgan fingerprint density at radius 1 is 0.800 bits per heavy atom. The van der Waals surface area contributed by atoms with Crippen LogP contribution in [0.5, 0.6) is 0 Å².